The van der Waals surface area contributed by atoms with Gasteiger partial charge in [-0.2, -0.15) is 0 Å². The van der Waals surface area contributed by atoms with Crippen molar-refractivity contribution in [2.75, 3.05) is 26.3 Å². The molecular weight excluding hydrogens is 252 g/mol. The zero-order chi connectivity index (χ0) is 14.6. The maximum Gasteiger partial charge on any atom is 0.205 e. The van der Waals surface area contributed by atoms with Crippen molar-refractivity contribution in [3.05, 3.63) is 35.4 Å². The van der Waals surface area contributed by atoms with E-state index in [1.165, 1.54) is 11.1 Å². The average Bonchev–Trinajstić information content (AvgIpc) is 2.47. The van der Waals surface area contributed by atoms with Crippen molar-refractivity contribution in [2.45, 2.75) is 26.7 Å². The van der Waals surface area contributed by atoms with Gasteiger partial charge in [-0.25, -0.2) is 5.84 Å². The molecule has 0 aliphatic heterocycles. The van der Waals surface area contributed by atoms with Crippen molar-refractivity contribution in [3.8, 4) is 0 Å². The molecule has 5 heteroatoms. The van der Waals surface area contributed by atoms with Gasteiger partial charge in [-0.3, -0.25) is 10.4 Å². The molecule has 20 heavy (non-hydrogen) atoms. The third kappa shape index (κ3) is 6.54. The summed E-state index contributed by atoms with van der Waals surface area (Å²) < 4.78 is 5.26. The van der Waals surface area contributed by atoms with Crippen LogP contribution in [0, 0.1) is 6.92 Å². The van der Waals surface area contributed by atoms with Gasteiger partial charge in [0.25, 0.3) is 0 Å². The van der Waals surface area contributed by atoms with Crippen molar-refractivity contribution in [3.63, 3.8) is 0 Å². The molecule has 0 radical (unpaired) electrons. The molecule has 0 spiro atoms. The molecule has 0 fully saturated rings. The lowest BCUT2D eigenvalue weighted by atomic mass is 10.1. The van der Waals surface area contributed by atoms with E-state index in [1.54, 1.807) is 0 Å². The lowest BCUT2D eigenvalue weighted by molar-refractivity contribution is 0.146. The molecule has 0 unspecified atom stereocenters. The molecule has 0 saturated heterocycles. The molecule has 1 aromatic rings. The van der Waals surface area contributed by atoms with E-state index in [-0.39, 0.29) is 0 Å². The number of rotatable bonds is 8. The van der Waals surface area contributed by atoms with E-state index in [0.29, 0.717) is 12.5 Å². The number of guanidine groups is 1. The van der Waals surface area contributed by atoms with Gasteiger partial charge in [0.2, 0.25) is 5.96 Å². The van der Waals surface area contributed by atoms with E-state index < -0.39 is 0 Å². The monoisotopic (exact) mass is 278 g/mol. The Morgan fingerprint density at radius 2 is 2.15 bits per heavy atom. The van der Waals surface area contributed by atoms with Crippen molar-refractivity contribution in [1.29, 1.82) is 0 Å². The summed E-state index contributed by atoms with van der Waals surface area (Å²) in [4.78, 5) is 4.36. The first-order chi connectivity index (χ1) is 9.77. The number of hydrazine groups is 1. The van der Waals surface area contributed by atoms with Crippen molar-refractivity contribution in [2.24, 2.45) is 10.8 Å². The predicted octanol–water partition coefficient (Wildman–Crippen LogP) is 1.37. The summed E-state index contributed by atoms with van der Waals surface area (Å²) in [6.07, 6.45) is 1.85. The van der Waals surface area contributed by atoms with Gasteiger partial charge in [-0.15, -0.1) is 0 Å². The van der Waals surface area contributed by atoms with E-state index in [4.69, 9.17) is 10.6 Å². The molecule has 0 bridgehead atoms. The molecule has 0 heterocycles. The number of nitrogens with one attached hydrogen (secondary N) is 2. The minimum atomic E-state index is 0.634. The van der Waals surface area contributed by atoms with E-state index in [9.17, 15) is 0 Å². The summed E-state index contributed by atoms with van der Waals surface area (Å²) in [5, 5.41) is 3.21. The lowest BCUT2D eigenvalue weighted by Gasteiger charge is -2.10. The number of hydrogen-bond acceptors (Lipinski definition) is 3. The fourth-order valence-electron chi connectivity index (χ4n) is 1.86. The molecule has 0 saturated carbocycles. The third-order valence-corrected chi connectivity index (χ3v) is 3.01. The van der Waals surface area contributed by atoms with Gasteiger partial charge in [-0.1, -0.05) is 24.3 Å². The van der Waals surface area contributed by atoms with Crippen LogP contribution >= 0.6 is 0 Å². The molecule has 1 aromatic carbocycles. The second kappa shape index (κ2) is 10.2. The smallest absolute Gasteiger partial charge is 0.205 e. The molecule has 0 aliphatic carbocycles. The predicted molar refractivity (Wildman–Crippen MR) is 83.6 cm³/mol. The number of ether oxygens (including phenoxy) is 1. The fourth-order valence-corrected chi connectivity index (χ4v) is 1.86. The SMILES string of the molecule is CCOCCCN=C(NN)NCCc1ccccc1C. The molecule has 112 valence electrons. The topological polar surface area (TPSA) is 71.7 Å². The molecule has 1 rings (SSSR count). The summed E-state index contributed by atoms with van der Waals surface area (Å²) in [5.41, 5.74) is 5.24. The Bertz CT molecular complexity index is 407. The Kier molecular flexibility index (Phi) is 8.42. The summed E-state index contributed by atoms with van der Waals surface area (Å²) in [6, 6.07) is 8.39. The van der Waals surface area contributed by atoms with Gasteiger partial charge < -0.3 is 10.1 Å². The molecule has 0 atom stereocenters. The summed E-state index contributed by atoms with van der Waals surface area (Å²) in [6.45, 7) is 7.11. The standard InChI is InChI=1S/C15H26N4O/c1-3-20-12-6-10-17-15(19-16)18-11-9-14-8-5-4-7-13(14)2/h4-5,7-8H,3,6,9-12,16H2,1-2H3,(H2,17,18,19). The zero-order valence-corrected chi connectivity index (χ0v) is 12.5. The number of aryl methyl sites for hydroxylation is 1. The van der Waals surface area contributed by atoms with Crippen molar-refractivity contribution in [1.82, 2.24) is 10.7 Å². The Balaban J connectivity index is 2.27. The van der Waals surface area contributed by atoms with Crippen LogP contribution in [0.4, 0.5) is 0 Å². The number of nitrogens with zero attached hydrogens (tertiary/aromatic N) is 1. The van der Waals surface area contributed by atoms with Gasteiger partial charge in [0.15, 0.2) is 0 Å². The van der Waals surface area contributed by atoms with Crippen LogP contribution in [-0.4, -0.2) is 32.3 Å². The first-order valence-corrected chi connectivity index (χ1v) is 7.15. The highest BCUT2D eigenvalue weighted by molar-refractivity contribution is 5.79. The molecule has 0 aromatic heterocycles. The van der Waals surface area contributed by atoms with Gasteiger partial charge in [0, 0.05) is 26.3 Å². The van der Waals surface area contributed by atoms with Crippen LogP contribution < -0.4 is 16.6 Å². The minimum Gasteiger partial charge on any atom is -0.382 e. The minimum absolute atomic E-state index is 0.634. The number of nitrogens with two attached hydrogens (primary N) is 1. The number of benzene rings is 1. The summed E-state index contributed by atoms with van der Waals surface area (Å²) in [7, 11) is 0. The maximum atomic E-state index is 5.45. The van der Waals surface area contributed by atoms with E-state index in [0.717, 1.165) is 32.6 Å². The highest BCUT2D eigenvalue weighted by atomic mass is 16.5. The summed E-state index contributed by atoms with van der Waals surface area (Å²) in [5.74, 6) is 6.08. The highest BCUT2D eigenvalue weighted by Crippen LogP contribution is 2.06. The first-order valence-electron chi connectivity index (χ1n) is 7.15. The van der Waals surface area contributed by atoms with Crippen LogP contribution in [0.15, 0.2) is 29.3 Å². The van der Waals surface area contributed by atoms with Gasteiger partial charge in [0.1, 0.15) is 0 Å². The number of aliphatic imine (C=N–C) groups is 1. The van der Waals surface area contributed by atoms with Gasteiger partial charge >= 0.3 is 0 Å². The molecular formula is C15H26N4O. The third-order valence-electron chi connectivity index (χ3n) is 3.01. The average molecular weight is 278 g/mol. The Labute approximate surface area is 121 Å². The van der Waals surface area contributed by atoms with Crippen LogP contribution in [0.3, 0.4) is 0 Å². The maximum absolute atomic E-state index is 5.45. The summed E-state index contributed by atoms with van der Waals surface area (Å²) >= 11 is 0. The second-order valence-electron chi connectivity index (χ2n) is 4.53. The van der Waals surface area contributed by atoms with Crippen LogP contribution in [0.5, 0.6) is 0 Å². The highest BCUT2D eigenvalue weighted by Gasteiger charge is 1.99. The number of hydrogen-bond donors (Lipinski definition) is 3. The zero-order valence-electron chi connectivity index (χ0n) is 12.5. The van der Waals surface area contributed by atoms with Crippen LogP contribution in [0.1, 0.15) is 24.5 Å². The van der Waals surface area contributed by atoms with Crippen LogP contribution in [0.25, 0.3) is 0 Å². The van der Waals surface area contributed by atoms with E-state index in [2.05, 4.69) is 46.9 Å². The fraction of sp³-hybridized carbons (Fsp3) is 0.533. The Morgan fingerprint density at radius 3 is 2.85 bits per heavy atom. The van der Waals surface area contributed by atoms with Crippen molar-refractivity contribution < 1.29 is 4.74 Å². The molecule has 0 aliphatic rings. The van der Waals surface area contributed by atoms with Crippen LogP contribution in [-0.2, 0) is 11.2 Å². The first kappa shape index (κ1) is 16.5. The second-order valence-corrected chi connectivity index (χ2v) is 4.53. The Morgan fingerprint density at radius 1 is 1.35 bits per heavy atom. The lowest BCUT2D eigenvalue weighted by Crippen LogP contribution is -2.42. The van der Waals surface area contributed by atoms with Gasteiger partial charge in [-0.05, 0) is 37.8 Å². The molecule has 4 N–H and O–H groups in total. The molecule has 0 amide bonds. The Hall–Kier alpha value is -1.59. The van der Waals surface area contributed by atoms with Crippen molar-refractivity contribution >= 4 is 5.96 Å². The quantitative estimate of drug-likeness (QED) is 0.221. The van der Waals surface area contributed by atoms with E-state index in [1.807, 2.05) is 6.92 Å². The largest absolute Gasteiger partial charge is 0.382 e. The van der Waals surface area contributed by atoms with E-state index >= 15 is 0 Å². The molecule has 5 nitrogen and oxygen atoms in total. The normalized spacial score (nSPS) is 11.4. The van der Waals surface area contributed by atoms with Crippen LogP contribution in [0.2, 0.25) is 0 Å². The van der Waals surface area contributed by atoms with Gasteiger partial charge in [0.05, 0.1) is 0 Å².